The number of ether oxygens (including phenoxy) is 1. The zero-order chi connectivity index (χ0) is 24.7. The summed E-state index contributed by atoms with van der Waals surface area (Å²) in [5, 5.41) is 9.27. The van der Waals surface area contributed by atoms with Gasteiger partial charge in [0.15, 0.2) is 11.6 Å². The molecule has 4 rings (SSSR count). The number of carboxylic acid groups (broad SMARTS) is 1. The Morgan fingerprint density at radius 3 is 2.34 bits per heavy atom. The largest absolute Gasteiger partial charge is 0.485 e. The summed E-state index contributed by atoms with van der Waals surface area (Å²) in [6.45, 7) is 0.264. The quantitative estimate of drug-likeness (QED) is 0.373. The Kier molecular flexibility index (Phi) is 7.10. The second-order valence-electron chi connectivity index (χ2n) is 7.36. The van der Waals surface area contributed by atoms with Gasteiger partial charge in [-0.05, 0) is 54.1 Å². The zero-order valence-electron chi connectivity index (χ0n) is 18.4. The van der Waals surface area contributed by atoms with Crippen molar-refractivity contribution < 1.29 is 23.1 Å². The van der Waals surface area contributed by atoms with Crippen molar-refractivity contribution in [3.63, 3.8) is 0 Å². The molecule has 0 unspecified atom stereocenters. The highest BCUT2D eigenvalue weighted by atomic mass is 32.2. The number of carboxylic acids is 1. The van der Waals surface area contributed by atoms with Gasteiger partial charge in [0.1, 0.15) is 6.61 Å². The Morgan fingerprint density at radius 1 is 0.886 bits per heavy atom. The summed E-state index contributed by atoms with van der Waals surface area (Å²) < 4.78 is 34.1. The van der Waals surface area contributed by atoms with E-state index in [1.807, 2.05) is 30.3 Å². The lowest BCUT2D eigenvalue weighted by atomic mass is 10.1. The number of sulfonamides is 1. The average molecular weight is 485 g/mol. The standard InChI is InChI=1S/C27H20N2O5S/c30-27(31)24-10-5-4-9-22(24)15-12-20-13-16-23(17-14-20)35(32,33)29-26-25(11-6-18-28-26)34-19-21-7-2-1-3-8-21/h1-11,13-14,16-18H,19H2,(H,28,29)(H,30,31). The Balaban J connectivity index is 1.50. The molecule has 0 spiro atoms. The van der Waals surface area contributed by atoms with Gasteiger partial charge in [0.05, 0.1) is 10.5 Å². The van der Waals surface area contributed by atoms with Crippen molar-refractivity contribution >= 4 is 21.8 Å². The first-order valence-corrected chi connectivity index (χ1v) is 12.0. The van der Waals surface area contributed by atoms with Crippen LogP contribution in [0.3, 0.4) is 0 Å². The highest BCUT2D eigenvalue weighted by Crippen LogP contribution is 2.25. The minimum Gasteiger partial charge on any atom is -0.485 e. The summed E-state index contributed by atoms with van der Waals surface area (Å²) in [6.07, 6.45) is 1.47. The van der Waals surface area contributed by atoms with E-state index in [4.69, 9.17) is 4.74 Å². The van der Waals surface area contributed by atoms with E-state index in [0.29, 0.717) is 16.9 Å². The number of pyridine rings is 1. The van der Waals surface area contributed by atoms with Crippen LogP contribution in [0, 0.1) is 11.8 Å². The van der Waals surface area contributed by atoms with Crippen LogP contribution in [0.25, 0.3) is 0 Å². The van der Waals surface area contributed by atoms with Crippen LogP contribution in [0.2, 0.25) is 0 Å². The maximum atomic E-state index is 12.9. The number of aromatic carboxylic acids is 1. The monoisotopic (exact) mass is 484 g/mol. The van der Waals surface area contributed by atoms with Crippen molar-refractivity contribution in [1.29, 1.82) is 0 Å². The second-order valence-corrected chi connectivity index (χ2v) is 9.04. The summed E-state index contributed by atoms with van der Waals surface area (Å²) >= 11 is 0. The molecule has 0 saturated carbocycles. The molecule has 2 N–H and O–H groups in total. The average Bonchev–Trinajstić information content (AvgIpc) is 2.88. The number of benzene rings is 3. The normalized spacial score (nSPS) is 10.6. The molecule has 7 nitrogen and oxygen atoms in total. The fourth-order valence-corrected chi connectivity index (χ4v) is 4.16. The Bertz CT molecular complexity index is 1510. The summed E-state index contributed by atoms with van der Waals surface area (Å²) in [6, 6.07) is 25.2. The molecule has 4 aromatic rings. The maximum absolute atomic E-state index is 12.9. The number of aromatic nitrogens is 1. The molecule has 174 valence electrons. The first-order chi connectivity index (χ1) is 16.9. The highest BCUT2D eigenvalue weighted by molar-refractivity contribution is 7.92. The van der Waals surface area contributed by atoms with Gasteiger partial charge in [0, 0.05) is 17.3 Å². The van der Waals surface area contributed by atoms with Crippen LogP contribution >= 0.6 is 0 Å². The first kappa shape index (κ1) is 23.5. The van der Waals surface area contributed by atoms with Gasteiger partial charge in [-0.15, -0.1) is 0 Å². The van der Waals surface area contributed by atoms with Crippen LogP contribution in [-0.2, 0) is 16.6 Å². The second kappa shape index (κ2) is 10.5. The molecular weight excluding hydrogens is 464 g/mol. The molecule has 1 heterocycles. The predicted molar refractivity (Wildman–Crippen MR) is 132 cm³/mol. The van der Waals surface area contributed by atoms with E-state index >= 15 is 0 Å². The van der Waals surface area contributed by atoms with Gasteiger partial charge >= 0.3 is 5.97 Å². The summed E-state index contributed by atoms with van der Waals surface area (Å²) in [4.78, 5) is 15.5. The number of anilines is 1. The van der Waals surface area contributed by atoms with Crippen molar-refractivity contribution in [2.45, 2.75) is 11.5 Å². The van der Waals surface area contributed by atoms with E-state index in [9.17, 15) is 18.3 Å². The van der Waals surface area contributed by atoms with Crippen LogP contribution in [0.4, 0.5) is 5.82 Å². The van der Waals surface area contributed by atoms with E-state index in [0.717, 1.165) is 5.56 Å². The van der Waals surface area contributed by atoms with Crippen LogP contribution < -0.4 is 9.46 Å². The third-order valence-electron chi connectivity index (χ3n) is 4.90. The van der Waals surface area contributed by atoms with E-state index in [2.05, 4.69) is 21.5 Å². The van der Waals surface area contributed by atoms with Crippen molar-refractivity contribution in [2.24, 2.45) is 0 Å². The van der Waals surface area contributed by atoms with Crippen LogP contribution in [0.5, 0.6) is 5.75 Å². The molecule has 0 saturated heterocycles. The van der Waals surface area contributed by atoms with Crippen molar-refractivity contribution in [3.8, 4) is 17.6 Å². The van der Waals surface area contributed by atoms with Gasteiger partial charge in [0.25, 0.3) is 10.0 Å². The maximum Gasteiger partial charge on any atom is 0.336 e. The molecule has 0 amide bonds. The van der Waals surface area contributed by atoms with Gasteiger partial charge in [-0.3, -0.25) is 4.72 Å². The third kappa shape index (κ3) is 6.05. The van der Waals surface area contributed by atoms with Crippen LogP contribution in [0.15, 0.2) is 102 Å². The molecule has 1 aromatic heterocycles. The topological polar surface area (TPSA) is 106 Å². The molecule has 0 aliphatic heterocycles. The van der Waals surface area contributed by atoms with Gasteiger partial charge in [-0.25, -0.2) is 18.2 Å². The minimum absolute atomic E-state index is 0.0219. The van der Waals surface area contributed by atoms with E-state index < -0.39 is 16.0 Å². The molecule has 0 fully saturated rings. The van der Waals surface area contributed by atoms with Crippen LogP contribution in [0.1, 0.15) is 27.0 Å². The molecule has 0 aliphatic carbocycles. The number of carbonyl (C=O) groups is 1. The van der Waals surface area contributed by atoms with E-state index in [-0.39, 0.29) is 22.9 Å². The number of nitrogens with zero attached hydrogens (tertiary/aromatic N) is 1. The molecule has 0 bridgehead atoms. The van der Waals surface area contributed by atoms with Gasteiger partial charge in [-0.1, -0.05) is 54.3 Å². The molecule has 35 heavy (non-hydrogen) atoms. The fourth-order valence-electron chi connectivity index (χ4n) is 3.14. The first-order valence-electron chi connectivity index (χ1n) is 10.5. The molecule has 0 atom stereocenters. The molecule has 0 radical (unpaired) electrons. The highest BCUT2D eigenvalue weighted by Gasteiger charge is 2.17. The molecule has 3 aromatic carbocycles. The van der Waals surface area contributed by atoms with Crippen molar-refractivity contribution in [3.05, 3.63) is 119 Å². The SMILES string of the molecule is O=C(O)c1ccccc1C#Cc1ccc(S(=O)(=O)Nc2ncccc2OCc2ccccc2)cc1. The Labute approximate surface area is 203 Å². The van der Waals surface area contributed by atoms with Gasteiger partial charge in [-0.2, -0.15) is 0 Å². The molecule has 8 heteroatoms. The van der Waals surface area contributed by atoms with Gasteiger partial charge < -0.3 is 9.84 Å². The third-order valence-corrected chi connectivity index (χ3v) is 6.26. The number of rotatable bonds is 7. The lowest BCUT2D eigenvalue weighted by Gasteiger charge is -2.12. The van der Waals surface area contributed by atoms with Crippen LogP contribution in [-0.4, -0.2) is 24.5 Å². The number of hydrogen-bond donors (Lipinski definition) is 2. The van der Waals surface area contributed by atoms with E-state index in [1.165, 1.54) is 24.4 Å². The Morgan fingerprint density at radius 2 is 1.60 bits per heavy atom. The lowest BCUT2D eigenvalue weighted by Crippen LogP contribution is -2.15. The van der Waals surface area contributed by atoms with Gasteiger partial charge in [0.2, 0.25) is 0 Å². The Hall–Kier alpha value is -4.61. The molecule has 0 aliphatic rings. The predicted octanol–water partition coefficient (Wildman–Crippen LogP) is 4.56. The van der Waals surface area contributed by atoms with Crippen molar-refractivity contribution in [2.75, 3.05) is 4.72 Å². The molecular formula is C27H20N2O5S. The lowest BCUT2D eigenvalue weighted by molar-refractivity contribution is 0.0696. The summed E-state index contributed by atoms with van der Waals surface area (Å²) in [5.41, 5.74) is 1.95. The summed E-state index contributed by atoms with van der Waals surface area (Å²) in [7, 11) is -3.94. The minimum atomic E-state index is -3.94. The smallest absolute Gasteiger partial charge is 0.336 e. The summed E-state index contributed by atoms with van der Waals surface area (Å²) in [5.74, 6) is 5.01. The number of nitrogens with one attached hydrogen (secondary N) is 1. The fraction of sp³-hybridized carbons (Fsp3) is 0.0370. The van der Waals surface area contributed by atoms with E-state index in [1.54, 1.807) is 42.5 Å². The number of hydrogen-bond acceptors (Lipinski definition) is 5. The van der Waals surface area contributed by atoms with Crippen molar-refractivity contribution in [1.82, 2.24) is 4.98 Å². The zero-order valence-corrected chi connectivity index (χ0v) is 19.2.